The third-order valence-corrected chi connectivity index (χ3v) is 0.595. The lowest BCUT2D eigenvalue weighted by atomic mass is 10.9. The number of nitrogens with zero attached hydrogens (tertiary/aromatic N) is 2. The van der Waals surface area contributed by atoms with E-state index in [1.54, 1.807) is 0 Å². The second kappa shape index (κ2) is 3.96. The Morgan fingerprint density at radius 2 is 2.11 bits per heavy atom. The summed E-state index contributed by atoms with van der Waals surface area (Å²) in [4.78, 5) is 1.91. The van der Waals surface area contributed by atoms with E-state index >= 15 is 0 Å². The highest BCUT2D eigenvalue weighted by Crippen LogP contribution is 1.65. The van der Waals surface area contributed by atoms with Crippen molar-refractivity contribution in [3.05, 3.63) is 0 Å². The highest BCUT2D eigenvalue weighted by molar-refractivity contribution is 5.75. The van der Waals surface area contributed by atoms with Crippen molar-refractivity contribution in [1.29, 1.82) is 0 Å². The van der Waals surface area contributed by atoms with Crippen LogP contribution < -0.4 is 16.9 Å². The van der Waals surface area contributed by atoms with Crippen LogP contribution in [0.3, 0.4) is 0 Å². The van der Waals surface area contributed by atoms with Crippen molar-refractivity contribution in [3.8, 4) is 0 Å². The second-order valence-electron chi connectivity index (χ2n) is 1.93. The number of nitrogens with two attached hydrogens (primary N) is 2. The molecule has 5 nitrogen and oxygen atoms in total. The minimum Gasteiger partial charge on any atom is -0.369 e. The topological polar surface area (TPSA) is 79.7 Å². The molecule has 0 aromatic carbocycles. The Bertz CT molecular complexity index is 93.1. The number of rotatable bonds is 3. The Balaban J connectivity index is 3.20. The van der Waals surface area contributed by atoms with Crippen LogP contribution in [0.4, 0.5) is 0 Å². The normalized spacial score (nSPS) is 9.22. The van der Waals surface area contributed by atoms with Gasteiger partial charge in [0.2, 0.25) is 5.96 Å². The molecule has 54 valence electrons. The molecule has 0 amide bonds. The molecule has 0 unspecified atom stereocenters. The molecule has 0 atom stereocenters. The van der Waals surface area contributed by atoms with Crippen LogP contribution in [0.15, 0.2) is 5.10 Å². The van der Waals surface area contributed by atoms with Gasteiger partial charge in [0.15, 0.2) is 0 Å². The molecule has 0 rings (SSSR count). The van der Waals surface area contributed by atoms with Gasteiger partial charge in [0.05, 0.1) is 6.67 Å². The van der Waals surface area contributed by atoms with Gasteiger partial charge >= 0.3 is 0 Å². The van der Waals surface area contributed by atoms with Crippen molar-refractivity contribution in [2.45, 2.75) is 0 Å². The predicted octanol–water partition coefficient (Wildman–Crippen LogP) is -1.72. The van der Waals surface area contributed by atoms with Crippen LogP contribution in [0.1, 0.15) is 0 Å². The van der Waals surface area contributed by atoms with Gasteiger partial charge in [-0.15, -0.1) is 5.10 Å². The van der Waals surface area contributed by atoms with Crippen LogP contribution in [0.5, 0.6) is 0 Å². The Hall–Kier alpha value is -0.970. The van der Waals surface area contributed by atoms with Crippen molar-refractivity contribution < 1.29 is 0 Å². The van der Waals surface area contributed by atoms with E-state index in [2.05, 4.69) is 10.5 Å². The minimum atomic E-state index is 0.0526. The highest BCUT2D eigenvalue weighted by atomic mass is 15.4. The number of hydrogen-bond acceptors (Lipinski definition) is 3. The van der Waals surface area contributed by atoms with E-state index in [1.807, 2.05) is 19.0 Å². The lowest BCUT2D eigenvalue weighted by Gasteiger charge is -2.07. The van der Waals surface area contributed by atoms with E-state index in [9.17, 15) is 0 Å². The quantitative estimate of drug-likeness (QED) is 0.184. The molecule has 0 aromatic heterocycles. The van der Waals surface area contributed by atoms with E-state index in [1.165, 1.54) is 0 Å². The fraction of sp³-hybridized carbons (Fsp3) is 0.750. The van der Waals surface area contributed by atoms with Crippen LogP contribution in [0.2, 0.25) is 0 Å². The molecule has 5 N–H and O–H groups in total. The largest absolute Gasteiger partial charge is 0.369 e. The first-order chi connectivity index (χ1) is 4.13. The van der Waals surface area contributed by atoms with Gasteiger partial charge in [-0.25, -0.2) is 0 Å². The molecular weight excluding hydrogens is 118 g/mol. The molecule has 0 aliphatic carbocycles. The van der Waals surface area contributed by atoms with Crippen molar-refractivity contribution in [2.75, 3.05) is 20.8 Å². The molecule has 0 saturated heterocycles. The lowest BCUT2D eigenvalue weighted by Crippen LogP contribution is -2.30. The zero-order valence-corrected chi connectivity index (χ0v) is 5.76. The van der Waals surface area contributed by atoms with Crippen molar-refractivity contribution >= 4 is 5.96 Å². The Morgan fingerprint density at radius 3 is 2.44 bits per heavy atom. The van der Waals surface area contributed by atoms with Gasteiger partial charge in [0.25, 0.3) is 0 Å². The molecule has 0 aliphatic heterocycles. The zero-order chi connectivity index (χ0) is 7.28. The summed E-state index contributed by atoms with van der Waals surface area (Å²) >= 11 is 0. The Morgan fingerprint density at radius 1 is 1.56 bits per heavy atom. The second-order valence-corrected chi connectivity index (χ2v) is 1.93. The number of hydrogen-bond donors (Lipinski definition) is 3. The van der Waals surface area contributed by atoms with Crippen molar-refractivity contribution in [3.63, 3.8) is 0 Å². The monoisotopic (exact) mass is 131 g/mol. The molecular formula is C4H13N5. The maximum Gasteiger partial charge on any atom is 0.208 e. The first kappa shape index (κ1) is 8.03. The fourth-order valence-corrected chi connectivity index (χ4v) is 0.268. The average molecular weight is 131 g/mol. The summed E-state index contributed by atoms with van der Waals surface area (Å²) < 4.78 is 0. The van der Waals surface area contributed by atoms with Gasteiger partial charge in [0, 0.05) is 0 Å². The van der Waals surface area contributed by atoms with Crippen LogP contribution in [0.25, 0.3) is 0 Å². The standard InChI is InChI=1S/C4H13N5/c1-9(2)3-7-8-4(5)6/h7H,3H2,1-2H3,(H4,5,6,8). The van der Waals surface area contributed by atoms with Gasteiger partial charge in [0.1, 0.15) is 0 Å². The maximum atomic E-state index is 5.03. The third kappa shape index (κ3) is 7.03. The average Bonchev–Trinajstić information content (AvgIpc) is 1.63. The SMILES string of the molecule is CN(C)CNN=C(N)N. The Kier molecular flexibility index (Phi) is 3.54. The third-order valence-electron chi connectivity index (χ3n) is 0.595. The number of hydrazone groups is 1. The molecule has 0 bridgehead atoms. The van der Waals surface area contributed by atoms with Crippen LogP contribution >= 0.6 is 0 Å². The molecule has 9 heavy (non-hydrogen) atoms. The smallest absolute Gasteiger partial charge is 0.208 e. The highest BCUT2D eigenvalue weighted by Gasteiger charge is 1.83. The van der Waals surface area contributed by atoms with Gasteiger partial charge in [-0.3, -0.25) is 10.3 Å². The van der Waals surface area contributed by atoms with Gasteiger partial charge in [-0.1, -0.05) is 0 Å². The molecule has 0 heterocycles. The summed E-state index contributed by atoms with van der Waals surface area (Å²) in [5, 5.41) is 3.55. The van der Waals surface area contributed by atoms with Gasteiger partial charge < -0.3 is 11.5 Å². The minimum absolute atomic E-state index is 0.0526. The Labute approximate surface area is 54.7 Å². The maximum absolute atomic E-state index is 5.03. The van der Waals surface area contributed by atoms with Gasteiger partial charge in [-0.05, 0) is 14.1 Å². The van der Waals surface area contributed by atoms with Crippen LogP contribution in [-0.4, -0.2) is 31.6 Å². The summed E-state index contributed by atoms with van der Waals surface area (Å²) in [7, 11) is 3.82. The summed E-state index contributed by atoms with van der Waals surface area (Å²) in [5.74, 6) is 0.0526. The van der Waals surface area contributed by atoms with E-state index in [4.69, 9.17) is 11.5 Å². The van der Waals surface area contributed by atoms with E-state index < -0.39 is 0 Å². The predicted molar refractivity (Wildman–Crippen MR) is 37.5 cm³/mol. The zero-order valence-electron chi connectivity index (χ0n) is 5.76. The first-order valence-electron chi connectivity index (χ1n) is 2.59. The van der Waals surface area contributed by atoms with Crippen molar-refractivity contribution in [2.24, 2.45) is 16.6 Å². The summed E-state index contributed by atoms with van der Waals surface area (Å²) in [6.45, 7) is 0.637. The fourth-order valence-electron chi connectivity index (χ4n) is 0.268. The van der Waals surface area contributed by atoms with Crippen molar-refractivity contribution in [1.82, 2.24) is 10.3 Å². The van der Waals surface area contributed by atoms with E-state index in [-0.39, 0.29) is 5.96 Å². The molecule has 0 saturated carbocycles. The summed E-state index contributed by atoms with van der Waals surface area (Å²) in [6.07, 6.45) is 0. The van der Waals surface area contributed by atoms with E-state index in [0.717, 1.165) is 0 Å². The number of guanidine groups is 1. The molecule has 0 fully saturated rings. The molecule has 0 aromatic rings. The molecule has 0 spiro atoms. The van der Waals surface area contributed by atoms with Crippen LogP contribution in [-0.2, 0) is 0 Å². The summed E-state index contributed by atoms with van der Waals surface area (Å²) in [5.41, 5.74) is 12.7. The van der Waals surface area contributed by atoms with E-state index in [0.29, 0.717) is 6.67 Å². The summed E-state index contributed by atoms with van der Waals surface area (Å²) in [6, 6.07) is 0. The molecule has 5 heteroatoms. The molecule has 0 radical (unpaired) electrons. The first-order valence-corrected chi connectivity index (χ1v) is 2.59. The lowest BCUT2D eigenvalue weighted by molar-refractivity contribution is 0.374. The van der Waals surface area contributed by atoms with Crippen LogP contribution in [0, 0.1) is 0 Å². The molecule has 0 aliphatic rings. The number of nitrogens with one attached hydrogen (secondary N) is 1. The van der Waals surface area contributed by atoms with Gasteiger partial charge in [-0.2, -0.15) is 0 Å².